The van der Waals surface area contributed by atoms with E-state index in [0.717, 1.165) is 24.0 Å². The first-order chi connectivity index (χ1) is 11.7. The Morgan fingerprint density at radius 1 is 1.29 bits per heavy atom. The number of carbonyl (C=O) groups excluding carboxylic acids is 1. The number of tetrazole rings is 1. The predicted octanol–water partition coefficient (Wildman–Crippen LogP) is 2.22. The van der Waals surface area contributed by atoms with Crippen LogP contribution in [0, 0.1) is 0 Å². The Bertz CT molecular complexity index is 636. The van der Waals surface area contributed by atoms with Crippen LogP contribution in [0.3, 0.4) is 0 Å². The fraction of sp³-hybridized carbons (Fsp3) is 0.529. The smallest absolute Gasteiger partial charge is 0.249 e. The van der Waals surface area contributed by atoms with Gasteiger partial charge in [0.15, 0.2) is 0 Å². The lowest BCUT2D eigenvalue weighted by atomic mass is 9.97. The third-order valence-corrected chi connectivity index (χ3v) is 4.34. The molecule has 2 N–H and O–H groups in total. The molecular weight excluding hydrogens is 306 g/mol. The number of rotatable bonds is 6. The van der Waals surface area contributed by atoms with Crippen LogP contribution < -0.4 is 5.32 Å². The molecule has 1 heterocycles. The number of amides is 1. The van der Waals surface area contributed by atoms with Crippen molar-refractivity contribution in [1.82, 2.24) is 25.9 Å². The summed E-state index contributed by atoms with van der Waals surface area (Å²) < 4.78 is 5.87. The Morgan fingerprint density at radius 3 is 2.71 bits per heavy atom. The number of ether oxygens (including phenoxy) is 1. The van der Waals surface area contributed by atoms with Gasteiger partial charge in [0.2, 0.25) is 11.7 Å². The highest BCUT2D eigenvalue weighted by Gasteiger charge is 2.20. The third kappa shape index (κ3) is 4.38. The average Bonchev–Trinajstić information content (AvgIpc) is 3.15. The number of nitrogens with one attached hydrogen (secondary N) is 2. The van der Waals surface area contributed by atoms with Gasteiger partial charge < -0.3 is 10.1 Å². The second kappa shape index (κ2) is 8.01. The third-order valence-electron chi connectivity index (χ3n) is 4.34. The van der Waals surface area contributed by atoms with Crippen LogP contribution in [0.15, 0.2) is 24.3 Å². The Kier molecular flexibility index (Phi) is 5.53. The van der Waals surface area contributed by atoms with E-state index < -0.39 is 6.10 Å². The maximum Gasteiger partial charge on any atom is 0.249 e. The van der Waals surface area contributed by atoms with Crippen LogP contribution in [0.4, 0.5) is 0 Å². The molecule has 24 heavy (non-hydrogen) atoms. The van der Waals surface area contributed by atoms with Gasteiger partial charge in [-0.15, -0.1) is 10.2 Å². The molecule has 0 spiro atoms. The van der Waals surface area contributed by atoms with Crippen molar-refractivity contribution in [3.63, 3.8) is 0 Å². The van der Waals surface area contributed by atoms with Crippen LogP contribution in [0.5, 0.6) is 0 Å². The topological polar surface area (TPSA) is 92.8 Å². The minimum Gasteiger partial charge on any atom is -0.365 e. The molecule has 1 aromatic carbocycles. The summed E-state index contributed by atoms with van der Waals surface area (Å²) in [6, 6.07) is 7.71. The first-order valence-electron chi connectivity index (χ1n) is 8.48. The summed E-state index contributed by atoms with van der Waals surface area (Å²) in [5.41, 5.74) is 1.90. The Hall–Kier alpha value is -2.28. The Balaban J connectivity index is 1.46. The van der Waals surface area contributed by atoms with Gasteiger partial charge in [0.1, 0.15) is 6.10 Å². The van der Waals surface area contributed by atoms with Crippen LogP contribution in [-0.2, 0) is 16.1 Å². The van der Waals surface area contributed by atoms with E-state index in [9.17, 15) is 4.79 Å². The summed E-state index contributed by atoms with van der Waals surface area (Å²) in [5, 5.41) is 16.8. The molecule has 2 aromatic rings. The first-order valence-corrected chi connectivity index (χ1v) is 8.48. The molecule has 1 atom stereocenters. The largest absolute Gasteiger partial charge is 0.365 e. The van der Waals surface area contributed by atoms with E-state index in [1.54, 1.807) is 0 Å². The van der Waals surface area contributed by atoms with E-state index in [0.29, 0.717) is 12.4 Å². The molecule has 7 nitrogen and oxygen atoms in total. The summed E-state index contributed by atoms with van der Waals surface area (Å²) in [7, 11) is 0. The van der Waals surface area contributed by atoms with Gasteiger partial charge >= 0.3 is 0 Å². The molecule has 3 rings (SSSR count). The molecule has 1 unspecified atom stereocenters. The van der Waals surface area contributed by atoms with Crippen LogP contribution in [-0.4, -0.2) is 38.7 Å². The molecule has 1 aliphatic carbocycles. The average molecular weight is 329 g/mol. The second-order valence-electron chi connectivity index (χ2n) is 6.19. The van der Waals surface area contributed by atoms with Crippen molar-refractivity contribution in [3.8, 4) is 11.4 Å². The Labute approximate surface area is 141 Å². The quantitative estimate of drug-likeness (QED) is 0.847. The van der Waals surface area contributed by atoms with Crippen LogP contribution in [0.1, 0.15) is 44.6 Å². The van der Waals surface area contributed by atoms with Gasteiger partial charge in [0.05, 0.1) is 6.10 Å². The fourth-order valence-electron chi connectivity index (χ4n) is 2.94. The summed E-state index contributed by atoms with van der Waals surface area (Å²) in [6.07, 6.45) is 5.63. The first kappa shape index (κ1) is 16.6. The lowest BCUT2D eigenvalue weighted by molar-refractivity contribution is -0.136. The second-order valence-corrected chi connectivity index (χ2v) is 6.19. The zero-order valence-electron chi connectivity index (χ0n) is 13.9. The van der Waals surface area contributed by atoms with Crippen molar-refractivity contribution in [2.75, 3.05) is 0 Å². The molecular formula is C17H23N5O2. The van der Waals surface area contributed by atoms with E-state index in [2.05, 4.69) is 25.9 Å². The number of nitrogens with zero attached hydrogens (tertiary/aromatic N) is 3. The lowest BCUT2D eigenvalue weighted by Crippen LogP contribution is -2.37. The molecule has 7 heteroatoms. The maximum atomic E-state index is 12.2. The van der Waals surface area contributed by atoms with Crippen molar-refractivity contribution in [1.29, 1.82) is 0 Å². The highest BCUT2D eigenvalue weighted by molar-refractivity contribution is 5.80. The van der Waals surface area contributed by atoms with E-state index in [1.807, 2.05) is 31.2 Å². The standard InChI is InChI=1S/C17H23N5O2/c1-12(24-15-5-3-2-4-6-15)17(23)18-11-13-7-9-14(10-8-13)16-19-21-22-20-16/h7-10,12,15H,2-6,11H2,1H3,(H,18,23)(H,19,20,21,22). The molecule has 1 aliphatic rings. The van der Waals surface area contributed by atoms with E-state index in [1.165, 1.54) is 19.3 Å². The maximum absolute atomic E-state index is 12.2. The summed E-state index contributed by atoms with van der Waals surface area (Å²) in [4.78, 5) is 12.2. The van der Waals surface area contributed by atoms with Crippen LogP contribution in [0.25, 0.3) is 11.4 Å². The number of benzene rings is 1. The summed E-state index contributed by atoms with van der Waals surface area (Å²) in [6.45, 7) is 2.30. The van der Waals surface area contributed by atoms with Crippen molar-refractivity contribution < 1.29 is 9.53 Å². The number of carbonyl (C=O) groups is 1. The van der Waals surface area contributed by atoms with Crippen molar-refractivity contribution in [2.45, 2.75) is 57.8 Å². The van der Waals surface area contributed by atoms with E-state index in [-0.39, 0.29) is 12.0 Å². The van der Waals surface area contributed by atoms with Gasteiger partial charge in [-0.2, -0.15) is 5.21 Å². The SMILES string of the molecule is CC(OC1CCCCC1)C(=O)NCc1ccc(-c2nn[nH]n2)cc1. The fourth-order valence-corrected chi connectivity index (χ4v) is 2.94. The highest BCUT2D eigenvalue weighted by atomic mass is 16.5. The molecule has 1 fully saturated rings. The minimum atomic E-state index is -0.410. The summed E-state index contributed by atoms with van der Waals surface area (Å²) in [5.74, 6) is 0.489. The zero-order chi connectivity index (χ0) is 16.8. The zero-order valence-corrected chi connectivity index (χ0v) is 13.9. The molecule has 0 aliphatic heterocycles. The number of aromatic nitrogens is 4. The molecule has 0 radical (unpaired) electrons. The van der Waals surface area contributed by atoms with Crippen LogP contribution >= 0.6 is 0 Å². The molecule has 128 valence electrons. The van der Waals surface area contributed by atoms with Gasteiger partial charge in [-0.1, -0.05) is 43.5 Å². The molecule has 0 bridgehead atoms. The Morgan fingerprint density at radius 2 is 2.04 bits per heavy atom. The molecule has 1 saturated carbocycles. The monoisotopic (exact) mass is 329 g/mol. The number of hydrogen-bond donors (Lipinski definition) is 2. The van der Waals surface area contributed by atoms with Gasteiger partial charge in [0, 0.05) is 12.1 Å². The van der Waals surface area contributed by atoms with E-state index >= 15 is 0 Å². The van der Waals surface area contributed by atoms with Crippen LogP contribution in [0.2, 0.25) is 0 Å². The van der Waals surface area contributed by atoms with Gasteiger partial charge in [-0.3, -0.25) is 4.79 Å². The van der Waals surface area contributed by atoms with Crippen molar-refractivity contribution >= 4 is 5.91 Å². The minimum absolute atomic E-state index is 0.0668. The summed E-state index contributed by atoms with van der Waals surface area (Å²) >= 11 is 0. The predicted molar refractivity (Wildman–Crippen MR) is 88.9 cm³/mol. The van der Waals surface area contributed by atoms with Crippen molar-refractivity contribution in [2.24, 2.45) is 0 Å². The van der Waals surface area contributed by atoms with Gasteiger partial charge in [-0.25, -0.2) is 0 Å². The lowest BCUT2D eigenvalue weighted by Gasteiger charge is -2.25. The van der Waals surface area contributed by atoms with Gasteiger partial charge in [0.25, 0.3) is 0 Å². The molecule has 1 aromatic heterocycles. The number of hydrogen-bond acceptors (Lipinski definition) is 5. The number of aromatic amines is 1. The van der Waals surface area contributed by atoms with Gasteiger partial charge in [-0.05, 0) is 30.5 Å². The molecule has 1 amide bonds. The van der Waals surface area contributed by atoms with Crippen molar-refractivity contribution in [3.05, 3.63) is 29.8 Å². The normalized spacial score (nSPS) is 16.7. The van der Waals surface area contributed by atoms with E-state index in [4.69, 9.17) is 4.74 Å². The highest BCUT2D eigenvalue weighted by Crippen LogP contribution is 2.21. The number of H-pyrrole nitrogens is 1. The molecule has 0 saturated heterocycles.